The Balaban J connectivity index is 2.26. The predicted octanol–water partition coefficient (Wildman–Crippen LogP) is 3.31. The number of nitrogens with zero attached hydrogens (tertiary/aromatic N) is 2. The molecule has 0 amide bonds. The van der Waals surface area contributed by atoms with Gasteiger partial charge >= 0.3 is 0 Å². The average molecular weight is 257 g/mol. The summed E-state index contributed by atoms with van der Waals surface area (Å²) in [6.07, 6.45) is 5.85. The third-order valence-electron chi connectivity index (χ3n) is 3.15. The summed E-state index contributed by atoms with van der Waals surface area (Å²) in [5.41, 5.74) is 2.75. The molecule has 0 saturated heterocycles. The first-order valence-electron chi connectivity index (χ1n) is 5.39. The molecular formula is C11H17BrN2. The molecule has 1 aromatic rings. The highest BCUT2D eigenvalue weighted by Crippen LogP contribution is 2.39. The van der Waals surface area contributed by atoms with Gasteiger partial charge in [0.15, 0.2) is 0 Å². The summed E-state index contributed by atoms with van der Waals surface area (Å²) in [6, 6.07) is 0.595. The number of alkyl halides is 1. The maximum atomic E-state index is 4.51. The van der Waals surface area contributed by atoms with Crippen molar-refractivity contribution in [1.82, 2.24) is 9.78 Å². The van der Waals surface area contributed by atoms with E-state index in [4.69, 9.17) is 0 Å². The maximum absolute atomic E-state index is 4.51. The van der Waals surface area contributed by atoms with Gasteiger partial charge in [-0.15, -0.1) is 0 Å². The minimum atomic E-state index is 0.595. The first-order chi connectivity index (χ1) is 6.77. The number of rotatable bonds is 4. The number of hydrogen-bond donors (Lipinski definition) is 0. The van der Waals surface area contributed by atoms with Gasteiger partial charge in [0, 0.05) is 16.6 Å². The molecule has 2 rings (SSSR count). The van der Waals surface area contributed by atoms with E-state index >= 15 is 0 Å². The Kier molecular flexibility index (Phi) is 2.96. The molecule has 1 aliphatic carbocycles. The summed E-state index contributed by atoms with van der Waals surface area (Å²) in [4.78, 5) is 0. The maximum Gasteiger partial charge on any atom is 0.0533 e. The lowest BCUT2D eigenvalue weighted by atomic mass is 10.2. The Morgan fingerprint density at radius 1 is 1.64 bits per heavy atom. The van der Waals surface area contributed by atoms with E-state index in [2.05, 4.69) is 39.6 Å². The predicted molar refractivity (Wildman–Crippen MR) is 61.7 cm³/mol. The quantitative estimate of drug-likeness (QED) is 0.756. The van der Waals surface area contributed by atoms with Crippen LogP contribution in [-0.2, 0) is 11.8 Å². The van der Waals surface area contributed by atoms with Crippen molar-refractivity contribution in [3.8, 4) is 0 Å². The smallest absolute Gasteiger partial charge is 0.0533 e. The monoisotopic (exact) mass is 256 g/mol. The molecule has 1 aliphatic rings. The van der Waals surface area contributed by atoms with Crippen molar-refractivity contribution in [3.05, 3.63) is 17.5 Å². The van der Waals surface area contributed by atoms with Crippen LogP contribution in [0.5, 0.6) is 0 Å². The Bertz CT molecular complexity index is 315. The van der Waals surface area contributed by atoms with Gasteiger partial charge in [0.05, 0.1) is 12.2 Å². The van der Waals surface area contributed by atoms with Gasteiger partial charge in [-0.1, -0.05) is 22.9 Å². The van der Waals surface area contributed by atoms with Crippen LogP contribution in [0.1, 0.15) is 44.0 Å². The highest BCUT2D eigenvalue weighted by Gasteiger charge is 2.30. The second kappa shape index (κ2) is 4.05. The van der Waals surface area contributed by atoms with Crippen LogP contribution >= 0.6 is 15.9 Å². The van der Waals surface area contributed by atoms with Gasteiger partial charge in [-0.05, 0) is 32.1 Å². The third kappa shape index (κ3) is 1.74. The Morgan fingerprint density at radius 2 is 2.36 bits per heavy atom. The van der Waals surface area contributed by atoms with E-state index in [-0.39, 0.29) is 0 Å². The summed E-state index contributed by atoms with van der Waals surface area (Å²) < 4.78 is 2.23. The van der Waals surface area contributed by atoms with Gasteiger partial charge < -0.3 is 0 Å². The van der Waals surface area contributed by atoms with E-state index in [1.165, 1.54) is 24.1 Å². The standard InChI is InChI=1S/C11H17BrN2/c1-3-11-10(6-12)7-13-14(11)8(2)9-4-5-9/h7-9H,3-6H2,1-2H3. The fourth-order valence-electron chi connectivity index (χ4n) is 2.05. The molecule has 1 saturated carbocycles. The van der Waals surface area contributed by atoms with E-state index in [0.717, 1.165) is 17.7 Å². The largest absolute Gasteiger partial charge is 0.266 e. The lowest BCUT2D eigenvalue weighted by molar-refractivity contribution is 0.426. The van der Waals surface area contributed by atoms with Crippen molar-refractivity contribution in [1.29, 1.82) is 0 Å². The van der Waals surface area contributed by atoms with Crippen LogP contribution in [0.2, 0.25) is 0 Å². The molecule has 1 aromatic heterocycles. The minimum Gasteiger partial charge on any atom is -0.266 e. The molecule has 3 heteroatoms. The van der Waals surface area contributed by atoms with Gasteiger partial charge in [-0.3, -0.25) is 4.68 Å². The van der Waals surface area contributed by atoms with Gasteiger partial charge in [-0.2, -0.15) is 5.10 Å². The molecule has 2 nitrogen and oxygen atoms in total. The molecular weight excluding hydrogens is 240 g/mol. The molecule has 0 aliphatic heterocycles. The second-order valence-corrected chi connectivity index (χ2v) is 4.69. The fourth-order valence-corrected chi connectivity index (χ4v) is 2.52. The molecule has 0 bridgehead atoms. The van der Waals surface area contributed by atoms with Gasteiger partial charge in [0.25, 0.3) is 0 Å². The molecule has 0 radical (unpaired) electrons. The van der Waals surface area contributed by atoms with E-state index in [9.17, 15) is 0 Å². The molecule has 78 valence electrons. The molecule has 1 fully saturated rings. The lowest BCUT2D eigenvalue weighted by Crippen LogP contribution is -2.12. The van der Waals surface area contributed by atoms with Crippen molar-refractivity contribution in [2.24, 2.45) is 5.92 Å². The van der Waals surface area contributed by atoms with E-state index in [1.54, 1.807) is 0 Å². The van der Waals surface area contributed by atoms with Crippen LogP contribution in [0, 0.1) is 5.92 Å². The molecule has 0 aromatic carbocycles. The fraction of sp³-hybridized carbons (Fsp3) is 0.727. The van der Waals surface area contributed by atoms with Crippen molar-refractivity contribution in [3.63, 3.8) is 0 Å². The van der Waals surface area contributed by atoms with Crippen LogP contribution < -0.4 is 0 Å². The Hall–Kier alpha value is -0.310. The molecule has 0 spiro atoms. The first kappa shape index (κ1) is 10.2. The van der Waals surface area contributed by atoms with Crippen molar-refractivity contribution in [2.75, 3.05) is 0 Å². The third-order valence-corrected chi connectivity index (χ3v) is 3.76. The first-order valence-corrected chi connectivity index (χ1v) is 6.51. The van der Waals surface area contributed by atoms with Crippen molar-refractivity contribution >= 4 is 15.9 Å². The summed E-state index contributed by atoms with van der Waals surface area (Å²) in [5, 5.41) is 5.43. The van der Waals surface area contributed by atoms with E-state index in [1.807, 2.05) is 6.20 Å². The second-order valence-electron chi connectivity index (χ2n) is 4.13. The average Bonchev–Trinajstić information content (AvgIpc) is 2.96. The van der Waals surface area contributed by atoms with Crippen LogP contribution in [-0.4, -0.2) is 9.78 Å². The summed E-state index contributed by atoms with van der Waals surface area (Å²) in [5.74, 6) is 0.878. The van der Waals surface area contributed by atoms with Gasteiger partial charge in [0.1, 0.15) is 0 Å². The summed E-state index contributed by atoms with van der Waals surface area (Å²) in [7, 11) is 0. The molecule has 14 heavy (non-hydrogen) atoms. The highest BCUT2D eigenvalue weighted by molar-refractivity contribution is 9.08. The van der Waals surface area contributed by atoms with E-state index < -0.39 is 0 Å². The van der Waals surface area contributed by atoms with Crippen LogP contribution in [0.25, 0.3) is 0 Å². The normalized spacial score (nSPS) is 18.5. The van der Waals surface area contributed by atoms with Crippen LogP contribution in [0.4, 0.5) is 0 Å². The zero-order valence-electron chi connectivity index (χ0n) is 8.83. The highest BCUT2D eigenvalue weighted by atomic mass is 79.9. The van der Waals surface area contributed by atoms with Gasteiger partial charge in [0.2, 0.25) is 0 Å². The Morgan fingerprint density at radius 3 is 2.86 bits per heavy atom. The minimum absolute atomic E-state index is 0.595. The van der Waals surface area contributed by atoms with E-state index in [0.29, 0.717) is 6.04 Å². The number of aromatic nitrogens is 2. The summed E-state index contributed by atoms with van der Waals surface area (Å²) >= 11 is 3.51. The molecule has 1 unspecified atom stereocenters. The lowest BCUT2D eigenvalue weighted by Gasteiger charge is -2.14. The van der Waals surface area contributed by atoms with Gasteiger partial charge in [-0.25, -0.2) is 0 Å². The molecule has 0 N–H and O–H groups in total. The molecule has 1 heterocycles. The van der Waals surface area contributed by atoms with Crippen molar-refractivity contribution in [2.45, 2.75) is 44.5 Å². The summed E-state index contributed by atoms with van der Waals surface area (Å²) in [6.45, 7) is 4.50. The van der Waals surface area contributed by atoms with Crippen LogP contribution in [0.3, 0.4) is 0 Å². The van der Waals surface area contributed by atoms with Crippen molar-refractivity contribution < 1.29 is 0 Å². The topological polar surface area (TPSA) is 17.8 Å². The zero-order chi connectivity index (χ0) is 10.1. The number of hydrogen-bond acceptors (Lipinski definition) is 1. The molecule has 1 atom stereocenters. The SMILES string of the molecule is CCc1c(CBr)cnn1C(C)C1CC1. The Labute approximate surface area is 93.8 Å². The zero-order valence-corrected chi connectivity index (χ0v) is 10.4. The number of halogens is 1. The van der Waals surface area contributed by atoms with Crippen LogP contribution in [0.15, 0.2) is 6.20 Å².